The molecule has 0 spiro atoms. The van der Waals surface area contributed by atoms with Crippen LogP contribution in [0, 0.1) is 0 Å². The summed E-state index contributed by atoms with van der Waals surface area (Å²) in [5.41, 5.74) is -1.74. The van der Waals surface area contributed by atoms with Gasteiger partial charge in [0.2, 0.25) is 0 Å². The third-order valence-electron chi connectivity index (χ3n) is 3.70. The Kier molecular flexibility index (Phi) is 5.77. The smallest absolute Gasteiger partial charge is 0.250 e. The van der Waals surface area contributed by atoms with Gasteiger partial charge in [0.05, 0.1) is 18.3 Å². The first-order chi connectivity index (χ1) is 11.2. The van der Waals surface area contributed by atoms with Gasteiger partial charge in [-0.25, -0.2) is 4.39 Å². The second-order valence-electron chi connectivity index (χ2n) is 7.07. The maximum atomic E-state index is 14.3. The van der Waals surface area contributed by atoms with Crippen molar-refractivity contribution in [1.29, 1.82) is 0 Å². The standard InChI is InChI=1S/C17H26FN3O3/c1-16(2,21-15(22)14-10-20-7-8-23-14)11-24-13-9-19-6-5-12(13)17(3,4)18/h5-6,9,14,20H,7-8,10-11H2,1-4H3,(H,21,22)/t14-/m0/s1. The van der Waals surface area contributed by atoms with Gasteiger partial charge < -0.3 is 20.1 Å². The van der Waals surface area contributed by atoms with Crippen molar-refractivity contribution in [2.24, 2.45) is 0 Å². The fourth-order valence-electron chi connectivity index (χ4n) is 2.43. The number of nitrogens with zero attached hydrogens (tertiary/aromatic N) is 1. The Labute approximate surface area is 142 Å². The zero-order valence-electron chi connectivity index (χ0n) is 14.7. The zero-order chi connectivity index (χ0) is 17.8. The Morgan fingerprint density at radius 1 is 1.50 bits per heavy atom. The van der Waals surface area contributed by atoms with Crippen molar-refractivity contribution in [2.45, 2.75) is 45.0 Å². The molecule has 0 aromatic carbocycles. The van der Waals surface area contributed by atoms with Crippen LogP contribution in [0.5, 0.6) is 5.75 Å². The third kappa shape index (κ3) is 5.14. The number of carbonyl (C=O) groups is 1. The fraction of sp³-hybridized carbons (Fsp3) is 0.647. The van der Waals surface area contributed by atoms with E-state index in [9.17, 15) is 9.18 Å². The number of aromatic nitrogens is 1. The van der Waals surface area contributed by atoms with Gasteiger partial charge in [-0.3, -0.25) is 9.78 Å². The first kappa shape index (κ1) is 18.6. The Hall–Kier alpha value is -1.73. The average Bonchev–Trinajstić information content (AvgIpc) is 2.53. The molecule has 0 saturated carbocycles. The molecule has 1 aliphatic heterocycles. The topological polar surface area (TPSA) is 72.5 Å². The van der Waals surface area contributed by atoms with Crippen LogP contribution in [0.25, 0.3) is 0 Å². The highest BCUT2D eigenvalue weighted by atomic mass is 19.1. The number of nitrogens with one attached hydrogen (secondary N) is 2. The summed E-state index contributed by atoms with van der Waals surface area (Å²) in [6.07, 6.45) is 2.52. The number of rotatable bonds is 6. The molecule has 1 aromatic rings. The van der Waals surface area contributed by atoms with Gasteiger partial charge in [0, 0.05) is 24.8 Å². The summed E-state index contributed by atoms with van der Waals surface area (Å²) >= 11 is 0. The number of amides is 1. The fourth-order valence-corrected chi connectivity index (χ4v) is 2.43. The zero-order valence-corrected chi connectivity index (χ0v) is 14.7. The van der Waals surface area contributed by atoms with Crippen molar-refractivity contribution in [3.8, 4) is 5.75 Å². The molecule has 2 N–H and O–H groups in total. The first-order valence-electron chi connectivity index (χ1n) is 8.09. The molecule has 1 aliphatic rings. The second kappa shape index (κ2) is 7.44. The molecule has 0 unspecified atom stereocenters. The lowest BCUT2D eigenvalue weighted by Gasteiger charge is -2.31. The van der Waals surface area contributed by atoms with Crippen LogP contribution in [0.4, 0.5) is 4.39 Å². The van der Waals surface area contributed by atoms with E-state index < -0.39 is 17.3 Å². The SMILES string of the molecule is CC(C)(COc1cnccc1C(C)(C)F)NC(=O)[C@@H]1CNCCO1. The van der Waals surface area contributed by atoms with Crippen LogP contribution in [-0.4, -0.2) is 48.8 Å². The van der Waals surface area contributed by atoms with Crippen LogP contribution in [0.15, 0.2) is 18.5 Å². The van der Waals surface area contributed by atoms with Gasteiger partial charge in [0.15, 0.2) is 0 Å². The largest absolute Gasteiger partial charge is 0.489 e. The van der Waals surface area contributed by atoms with Crippen molar-refractivity contribution >= 4 is 5.91 Å². The molecule has 1 aromatic heterocycles. The van der Waals surface area contributed by atoms with Gasteiger partial charge in [-0.05, 0) is 33.8 Å². The number of carbonyl (C=O) groups excluding carboxylic acids is 1. The molecule has 1 fully saturated rings. The maximum Gasteiger partial charge on any atom is 0.250 e. The van der Waals surface area contributed by atoms with Gasteiger partial charge in [-0.15, -0.1) is 0 Å². The van der Waals surface area contributed by atoms with Gasteiger partial charge in [0.25, 0.3) is 5.91 Å². The predicted molar refractivity (Wildman–Crippen MR) is 88.7 cm³/mol. The molecular weight excluding hydrogens is 313 g/mol. The van der Waals surface area contributed by atoms with Gasteiger partial charge >= 0.3 is 0 Å². The van der Waals surface area contributed by atoms with Crippen LogP contribution in [0.1, 0.15) is 33.3 Å². The molecular formula is C17H26FN3O3. The summed E-state index contributed by atoms with van der Waals surface area (Å²) in [4.78, 5) is 16.2. The molecule has 0 radical (unpaired) electrons. The minimum atomic E-state index is -1.53. The normalized spacial score (nSPS) is 19.0. The van der Waals surface area contributed by atoms with E-state index in [1.807, 2.05) is 13.8 Å². The predicted octanol–water partition coefficient (Wildman–Crippen LogP) is 1.55. The van der Waals surface area contributed by atoms with Crippen molar-refractivity contribution in [3.63, 3.8) is 0 Å². The average molecular weight is 339 g/mol. The number of halogens is 1. The van der Waals surface area contributed by atoms with Crippen molar-refractivity contribution in [1.82, 2.24) is 15.6 Å². The lowest BCUT2D eigenvalue weighted by atomic mass is 10.0. The highest BCUT2D eigenvalue weighted by molar-refractivity contribution is 5.81. The Morgan fingerprint density at radius 2 is 2.25 bits per heavy atom. The van der Waals surface area contributed by atoms with E-state index in [0.29, 0.717) is 24.5 Å². The van der Waals surface area contributed by atoms with Crippen LogP contribution in [-0.2, 0) is 15.2 Å². The van der Waals surface area contributed by atoms with E-state index >= 15 is 0 Å². The number of hydrogen-bond donors (Lipinski definition) is 2. The second-order valence-corrected chi connectivity index (χ2v) is 7.07. The van der Waals surface area contributed by atoms with Crippen LogP contribution in [0.2, 0.25) is 0 Å². The van der Waals surface area contributed by atoms with Crippen molar-refractivity contribution in [2.75, 3.05) is 26.3 Å². The highest BCUT2D eigenvalue weighted by Crippen LogP contribution is 2.32. The van der Waals surface area contributed by atoms with E-state index in [1.54, 1.807) is 6.07 Å². The summed E-state index contributed by atoms with van der Waals surface area (Å²) in [6, 6.07) is 1.60. The summed E-state index contributed by atoms with van der Waals surface area (Å²) in [5.74, 6) is 0.191. The molecule has 134 valence electrons. The van der Waals surface area contributed by atoms with Gasteiger partial charge in [0.1, 0.15) is 24.1 Å². The van der Waals surface area contributed by atoms with Crippen molar-refractivity contribution < 1.29 is 18.7 Å². The number of hydrogen-bond acceptors (Lipinski definition) is 5. The molecule has 0 aliphatic carbocycles. The molecule has 24 heavy (non-hydrogen) atoms. The maximum absolute atomic E-state index is 14.3. The Balaban J connectivity index is 1.96. The number of ether oxygens (including phenoxy) is 2. The first-order valence-corrected chi connectivity index (χ1v) is 8.09. The Morgan fingerprint density at radius 3 is 2.88 bits per heavy atom. The third-order valence-corrected chi connectivity index (χ3v) is 3.70. The van der Waals surface area contributed by atoms with E-state index in [2.05, 4.69) is 15.6 Å². The summed E-state index contributed by atoms with van der Waals surface area (Å²) in [7, 11) is 0. The lowest BCUT2D eigenvalue weighted by molar-refractivity contribution is -0.136. The molecule has 1 saturated heterocycles. The minimum Gasteiger partial charge on any atom is -0.489 e. The molecule has 2 heterocycles. The Bertz CT molecular complexity index is 566. The van der Waals surface area contributed by atoms with E-state index in [-0.39, 0.29) is 12.5 Å². The quantitative estimate of drug-likeness (QED) is 0.823. The molecule has 1 atom stereocenters. The summed E-state index contributed by atoms with van der Waals surface area (Å²) in [6.45, 7) is 8.57. The number of pyridine rings is 1. The molecule has 6 nitrogen and oxygen atoms in total. The molecule has 7 heteroatoms. The highest BCUT2D eigenvalue weighted by Gasteiger charge is 2.29. The summed E-state index contributed by atoms with van der Waals surface area (Å²) in [5, 5.41) is 6.03. The monoisotopic (exact) mass is 339 g/mol. The summed E-state index contributed by atoms with van der Waals surface area (Å²) < 4.78 is 25.4. The molecule has 2 rings (SSSR count). The molecule has 1 amide bonds. The van der Waals surface area contributed by atoms with E-state index in [4.69, 9.17) is 9.47 Å². The molecule has 0 bridgehead atoms. The van der Waals surface area contributed by atoms with Gasteiger partial charge in [-0.2, -0.15) is 0 Å². The minimum absolute atomic E-state index is 0.187. The van der Waals surface area contributed by atoms with Gasteiger partial charge in [-0.1, -0.05) is 0 Å². The van der Waals surface area contributed by atoms with E-state index in [1.165, 1.54) is 26.2 Å². The van der Waals surface area contributed by atoms with E-state index in [0.717, 1.165) is 6.54 Å². The van der Waals surface area contributed by atoms with Crippen LogP contribution in [0.3, 0.4) is 0 Å². The number of alkyl halides is 1. The number of morpholine rings is 1. The van der Waals surface area contributed by atoms with Crippen LogP contribution >= 0.6 is 0 Å². The van der Waals surface area contributed by atoms with Crippen LogP contribution < -0.4 is 15.4 Å². The lowest BCUT2D eigenvalue weighted by Crippen LogP contribution is -2.55. The van der Waals surface area contributed by atoms with Crippen molar-refractivity contribution in [3.05, 3.63) is 24.0 Å².